The van der Waals surface area contributed by atoms with E-state index in [1.807, 2.05) is 27.7 Å². The maximum absolute atomic E-state index is 14.2. The fraction of sp³-hybridized carbons (Fsp3) is 0.471. The van der Waals surface area contributed by atoms with E-state index in [0.717, 1.165) is 6.07 Å². The monoisotopic (exact) mass is 371 g/mol. The van der Waals surface area contributed by atoms with Crippen LogP contribution in [0.3, 0.4) is 0 Å². The molecular formula is C17H21BClF2NO3. The van der Waals surface area contributed by atoms with Crippen molar-refractivity contribution in [2.24, 2.45) is 0 Å². The van der Waals surface area contributed by atoms with Crippen molar-refractivity contribution in [1.29, 1.82) is 0 Å². The van der Waals surface area contributed by atoms with Gasteiger partial charge in [0.15, 0.2) is 5.82 Å². The van der Waals surface area contributed by atoms with Gasteiger partial charge in [-0.25, -0.2) is 8.78 Å². The molecule has 0 aromatic heterocycles. The predicted molar refractivity (Wildman–Crippen MR) is 94.1 cm³/mol. The summed E-state index contributed by atoms with van der Waals surface area (Å²) in [5, 5.41) is 2.06. The van der Waals surface area contributed by atoms with Crippen molar-refractivity contribution in [1.82, 2.24) is 5.32 Å². The zero-order valence-electron chi connectivity index (χ0n) is 14.9. The minimum absolute atomic E-state index is 0.0847. The summed E-state index contributed by atoms with van der Waals surface area (Å²) in [4.78, 5) is 11.3. The highest BCUT2D eigenvalue weighted by Crippen LogP contribution is 2.39. The molecule has 1 aromatic rings. The lowest BCUT2D eigenvalue weighted by Crippen LogP contribution is -2.41. The molecule has 1 N–H and O–H groups in total. The van der Waals surface area contributed by atoms with E-state index >= 15 is 0 Å². The van der Waals surface area contributed by atoms with Crippen LogP contribution in [0, 0.1) is 11.6 Å². The maximum atomic E-state index is 14.2. The van der Waals surface area contributed by atoms with Gasteiger partial charge in [-0.2, -0.15) is 0 Å². The Bertz CT molecular complexity index is 706. The molecule has 1 aliphatic heterocycles. The highest BCUT2D eigenvalue weighted by molar-refractivity contribution is 6.56. The molecule has 0 unspecified atom stereocenters. The number of nitrogens with one attached hydrogen (secondary N) is 1. The van der Waals surface area contributed by atoms with E-state index in [1.54, 1.807) is 0 Å². The second-order valence-corrected chi connectivity index (χ2v) is 7.36. The summed E-state index contributed by atoms with van der Waals surface area (Å²) in [6.07, 6.45) is 1.46. The Balaban J connectivity index is 2.40. The molecule has 1 aromatic carbocycles. The first-order valence-corrected chi connectivity index (χ1v) is 8.26. The van der Waals surface area contributed by atoms with E-state index in [-0.39, 0.29) is 18.0 Å². The Morgan fingerprint density at radius 1 is 1.24 bits per heavy atom. The number of rotatable bonds is 4. The average Bonchev–Trinajstić information content (AvgIpc) is 2.71. The quantitative estimate of drug-likeness (QED) is 0.647. The van der Waals surface area contributed by atoms with Crippen molar-refractivity contribution < 1.29 is 22.9 Å². The minimum atomic E-state index is -0.876. The van der Waals surface area contributed by atoms with E-state index in [4.69, 9.17) is 20.9 Å². The molecule has 1 saturated heterocycles. The topological polar surface area (TPSA) is 47.6 Å². The second kappa shape index (κ2) is 7.06. The molecule has 1 amide bonds. The average molecular weight is 372 g/mol. The normalized spacial score (nSPS) is 19.2. The van der Waals surface area contributed by atoms with Crippen LogP contribution in [0.25, 0.3) is 6.08 Å². The molecule has 8 heteroatoms. The highest BCUT2D eigenvalue weighted by atomic mass is 35.5. The molecule has 0 spiro atoms. The number of carbonyl (C=O) groups is 1. The molecule has 4 nitrogen and oxygen atoms in total. The van der Waals surface area contributed by atoms with Crippen LogP contribution in [0.4, 0.5) is 8.78 Å². The van der Waals surface area contributed by atoms with Crippen molar-refractivity contribution in [3.8, 4) is 0 Å². The first-order valence-electron chi connectivity index (χ1n) is 7.88. The van der Waals surface area contributed by atoms with Crippen LogP contribution in [-0.4, -0.2) is 30.8 Å². The van der Waals surface area contributed by atoms with Gasteiger partial charge in [-0.15, -0.1) is 0 Å². The molecule has 2 rings (SSSR count). The maximum Gasteiger partial charge on any atom is 0.492 e. The van der Waals surface area contributed by atoms with Crippen molar-refractivity contribution in [2.45, 2.75) is 45.8 Å². The van der Waals surface area contributed by atoms with Gasteiger partial charge in [0.25, 0.3) is 0 Å². The summed E-state index contributed by atoms with van der Waals surface area (Å²) < 4.78 is 39.5. The fourth-order valence-electron chi connectivity index (χ4n) is 2.28. The predicted octanol–water partition coefficient (Wildman–Crippen LogP) is 3.77. The molecule has 1 heterocycles. The van der Waals surface area contributed by atoms with Gasteiger partial charge in [0, 0.05) is 19.0 Å². The van der Waals surface area contributed by atoms with E-state index in [1.165, 1.54) is 19.1 Å². The van der Waals surface area contributed by atoms with Crippen LogP contribution in [0.1, 0.15) is 40.2 Å². The van der Waals surface area contributed by atoms with Crippen molar-refractivity contribution >= 4 is 30.7 Å². The number of halogens is 3. The molecule has 136 valence electrons. The third-order valence-corrected chi connectivity index (χ3v) is 4.85. The standard InChI is InChI=1S/C17H21BClF2NO3/c1-10(23)22-9-12(18-24-16(2,3)17(4,5)25-18)8-11-6-7-13(20)14(19)15(11)21/h6-8H,9H2,1-5H3,(H,22,23). The lowest BCUT2D eigenvalue weighted by atomic mass is 9.77. The number of hydrogen-bond acceptors (Lipinski definition) is 3. The zero-order valence-corrected chi connectivity index (χ0v) is 15.6. The fourth-order valence-corrected chi connectivity index (χ4v) is 2.45. The Morgan fingerprint density at radius 2 is 1.80 bits per heavy atom. The number of benzene rings is 1. The third-order valence-electron chi connectivity index (χ3n) is 4.50. The second-order valence-electron chi connectivity index (χ2n) is 6.98. The van der Waals surface area contributed by atoms with Crippen molar-refractivity contribution in [3.05, 3.63) is 39.8 Å². The van der Waals surface area contributed by atoms with Crippen molar-refractivity contribution in [2.75, 3.05) is 6.54 Å². The van der Waals surface area contributed by atoms with Crippen LogP contribution < -0.4 is 5.32 Å². The van der Waals surface area contributed by atoms with Gasteiger partial charge < -0.3 is 14.6 Å². The first kappa shape index (κ1) is 19.9. The van der Waals surface area contributed by atoms with E-state index in [0.29, 0.717) is 5.47 Å². The zero-order chi connectivity index (χ0) is 19.0. The van der Waals surface area contributed by atoms with E-state index in [9.17, 15) is 13.6 Å². The summed E-state index contributed by atoms with van der Waals surface area (Å²) >= 11 is 5.63. The molecule has 0 radical (unpaired) electrons. The largest absolute Gasteiger partial charge is 0.492 e. The van der Waals surface area contributed by atoms with E-state index in [2.05, 4.69) is 5.32 Å². The Kier molecular flexibility index (Phi) is 5.61. The SMILES string of the molecule is CC(=O)NCC(=Cc1ccc(F)c(Cl)c1F)B1OC(C)(C)C(C)(C)O1. The van der Waals surface area contributed by atoms with Gasteiger partial charge >= 0.3 is 7.12 Å². The molecule has 0 saturated carbocycles. The van der Waals surface area contributed by atoms with Gasteiger partial charge in [0.05, 0.1) is 11.2 Å². The van der Waals surface area contributed by atoms with Gasteiger partial charge in [-0.1, -0.05) is 17.7 Å². The summed E-state index contributed by atoms with van der Waals surface area (Å²) in [6, 6.07) is 2.35. The van der Waals surface area contributed by atoms with Crippen LogP contribution in [-0.2, 0) is 14.1 Å². The Labute approximate surface area is 151 Å². The summed E-state index contributed by atoms with van der Waals surface area (Å²) in [5.74, 6) is -1.96. The van der Waals surface area contributed by atoms with Crippen molar-refractivity contribution in [3.63, 3.8) is 0 Å². The number of hydrogen-bond donors (Lipinski definition) is 1. The summed E-state index contributed by atoms with van der Waals surface area (Å²) in [7, 11) is -0.778. The lowest BCUT2D eigenvalue weighted by molar-refractivity contribution is -0.118. The van der Waals surface area contributed by atoms with E-state index < -0.39 is 35.0 Å². The Hall–Kier alpha value is -1.44. The van der Waals surface area contributed by atoms with Crippen LogP contribution in [0.2, 0.25) is 5.02 Å². The molecule has 0 bridgehead atoms. The molecule has 1 aliphatic rings. The minimum Gasteiger partial charge on any atom is -0.400 e. The van der Waals surface area contributed by atoms with Crippen LogP contribution >= 0.6 is 11.6 Å². The van der Waals surface area contributed by atoms with Gasteiger partial charge in [0.1, 0.15) is 10.8 Å². The van der Waals surface area contributed by atoms with Gasteiger partial charge in [0.2, 0.25) is 5.91 Å². The third kappa shape index (κ3) is 4.22. The first-order chi connectivity index (χ1) is 11.4. The molecular weight excluding hydrogens is 350 g/mol. The molecule has 0 atom stereocenters. The van der Waals surface area contributed by atoms with Gasteiger partial charge in [-0.05, 0) is 45.3 Å². The molecule has 1 fully saturated rings. The summed E-state index contributed by atoms with van der Waals surface area (Å²) in [6.45, 7) is 9.02. The molecule has 25 heavy (non-hydrogen) atoms. The summed E-state index contributed by atoms with van der Waals surface area (Å²) in [5.41, 5.74) is -0.602. The number of carbonyl (C=O) groups excluding carboxylic acids is 1. The van der Waals surface area contributed by atoms with Gasteiger partial charge in [-0.3, -0.25) is 4.79 Å². The van der Waals surface area contributed by atoms with Crippen LogP contribution in [0.5, 0.6) is 0 Å². The number of amides is 1. The Morgan fingerprint density at radius 3 is 2.32 bits per heavy atom. The smallest absolute Gasteiger partial charge is 0.400 e. The highest BCUT2D eigenvalue weighted by Gasteiger charge is 2.52. The van der Waals surface area contributed by atoms with Crippen LogP contribution in [0.15, 0.2) is 17.6 Å². The molecule has 0 aliphatic carbocycles. The lowest BCUT2D eigenvalue weighted by Gasteiger charge is -2.32.